The molecule has 1 aliphatic carbocycles. The van der Waals surface area contributed by atoms with Crippen molar-refractivity contribution >= 4 is 40.4 Å². The SMILES string of the molecule is [C-]#[N+]c1ncc(N2C(=O)C3(CCC3)N(c3ccccc3)C2=S)cc1C(F)(F)F. The molecule has 1 aromatic carbocycles. The van der Waals surface area contributed by atoms with Crippen LogP contribution < -0.4 is 9.80 Å². The molecule has 2 fully saturated rings. The lowest BCUT2D eigenvalue weighted by atomic mass is 9.75. The number of carbonyl (C=O) groups excluding carboxylic acids is 1. The van der Waals surface area contributed by atoms with Crippen LogP contribution in [0.4, 0.5) is 30.4 Å². The highest BCUT2D eigenvalue weighted by atomic mass is 32.1. The molecule has 2 heterocycles. The van der Waals surface area contributed by atoms with Crippen molar-refractivity contribution in [1.82, 2.24) is 4.98 Å². The minimum atomic E-state index is -4.76. The smallest absolute Gasteiger partial charge is 0.360 e. The van der Waals surface area contributed by atoms with Gasteiger partial charge in [0.1, 0.15) is 11.7 Å². The van der Waals surface area contributed by atoms with E-state index in [0.717, 1.165) is 23.6 Å². The van der Waals surface area contributed by atoms with Gasteiger partial charge in [-0.1, -0.05) is 24.8 Å². The second-order valence-electron chi connectivity index (χ2n) is 6.65. The van der Waals surface area contributed by atoms with Gasteiger partial charge in [-0.25, -0.2) is 0 Å². The predicted molar refractivity (Wildman–Crippen MR) is 101 cm³/mol. The minimum Gasteiger partial charge on any atom is -0.360 e. The van der Waals surface area contributed by atoms with Gasteiger partial charge >= 0.3 is 6.18 Å². The number of hydrogen-bond donors (Lipinski definition) is 0. The van der Waals surface area contributed by atoms with Gasteiger partial charge in [0.2, 0.25) is 0 Å². The Labute approximate surface area is 164 Å². The lowest BCUT2D eigenvalue weighted by Crippen LogP contribution is -2.55. The second kappa shape index (κ2) is 6.27. The van der Waals surface area contributed by atoms with Gasteiger partial charge in [0, 0.05) is 5.69 Å². The number of alkyl halides is 3. The number of thiocarbonyl (C=S) groups is 1. The fourth-order valence-electron chi connectivity index (χ4n) is 3.65. The monoisotopic (exact) mass is 402 g/mol. The Hall–Kier alpha value is -2.99. The second-order valence-corrected chi connectivity index (χ2v) is 7.02. The van der Waals surface area contributed by atoms with E-state index < -0.39 is 23.1 Å². The van der Waals surface area contributed by atoms with Crippen LogP contribution in [0.2, 0.25) is 0 Å². The maximum Gasteiger partial charge on any atom is 0.409 e. The number of pyridine rings is 1. The van der Waals surface area contributed by atoms with Crippen LogP contribution in [0.1, 0.15) is 24.8 Å². The summed E-state index contributed by atoms with van der Waals surface area (Å²) in [4.78, 5) is 22.5. The van der Waals surface area contributed by atoms with Crippen LogP contribution in [0, 0.1) is 6.57 Å². The maximum atomic E-state index is 13.3. The third kappa shape index (κ3) is 2.56. The van der Waals surface area contributed by atoms with E-state index >= 15 is 0 Å². The van der Waals surface area contributed by atoms with Crippen LogP contribution in [0.5, 0.6) is 0 Å². The summed E-state index contributed by atoms with van der Waals surface area (Å²) in [5, 5.41) is 0.112. The third-order valence-corrected chi connectivity index (χ3v) is 5.49. The minimum absolute atomic E-state index is 0.0839. The fraction of sp³-hybridized carbons (Fsp3) is 0.263. The van der Waals surface area contributed by atoms with Crippen molar-refractivity contribution in [2.45, 2.75) is 31.0 Å². The Morgan fingerprint density at radius 1 is 1.18 bits per heavy atom. The van der Waals surface area contributed by atoms with Crippen molar-refractivity contribution in [3.8, 4) is 0 Å². The first-order chi connectivity index (χ1) is 13.3. The van der Waals surface area contributed by atoms with E-state index in [9.17, 15) is 18.0 Å². The Morgan fingerprint density at radius 3 is 2.39 bits per heavy atom. The van der Waals surface area contributed by atoms with E-state index in [1.54, 1.807) is 4.90 Å². The van der Waals surface area contributed by atoms with Gasteiger partial charge in [0.05, 0.1) is 11.3 Å². The van der Waals surface area contributed by atoms with Gasteiger partial charge in [-0.3, -0.25) is 9.69 Å². The van der Waals surface area contributed by atoms with Crippen molar-refractivity contribution < 1.29 is 18.0 Å². The quantitative estimate of drug-likeness (QED) is 0.539. The molecule has 1 amide bonds. The number of halogens is 3. The fourth-order valence-corrected chi connectivity index (χ4v) is 4.12. The van der Waals surface area contributed by atoms with E-state index in [1.807, 2.05) is 30.3 Å². The lowest BCUT2D eigenvalue weighted by molar-refractivity contribution is -0.137. The topological polar surface area (TPSA) is 40.8 Å². The van der Waals surface area contributed by atoms with Crippen LogP contribution >= 0.6 is 12.2 Å². The number of rotatable bonds is 2. The van der Waals surface area contributed by atoms with Crippen molar-refractivity contribution in [2.24, 2.45) is 0 Å². The summed E-state index contributed by atoms with van der Waals surface area (Å²) in [6.45, 7) is 6.92. The molecule has 1 saturated heterocycles. The number of aromatic nitrogens is 1. The molecular formula is C19H13F3N4OS. The molecule has 0 atom stereocenters. The van der Waals surface area contributed by atoms with Crippen LogP contribution in [-0.4, -0.2) is 21.5 Å². The molecule has 2 aliphatic rings. The Morgan fingerprint density at radius 2 is 1.86 bits per heavy atom. The summed E-state index contributed by atoms with van der Waals surface area (Å²) in [5.41, 5.74) is -1.43. The number of nitrogens with zero attached hydrogens (tertiary/aromatic N) is 4. The van der Waals surface area contributed by atoms with Crippen molar-refractivity contribution in [2.75, 3.05) is 9.80 Å². The Kier molecular flexibility index (Phi) is 4.12. The van der Waals surface area contributed by atoms with Crippen LogP contribution in [-0.2, 0) is 11.0 Å². The highest BCUT2D eigenvalue weighted by molar-refractivity contribution is 7.81. The molecule has 0 radical (unpaired) electrons. The largest absolute Gasteiger partial charge is 0.409 e. The van der Waals surface area contributed by atoms with Crippen LogP contribution in [0.3, 0.4) is 0 Å². The van der Waals surface area contributed by atoms with E-state index in [2.05, 4.69) is 9.83 Å². The highest BCUT2D eigenvalue weighted by Gasteiger charge is 2.59. The molecule has 0 N–H and O–H groups in total. The van der Waals surface area contributed by atoms with E-state index in [4.69, 9.17) is 18.8 Å². The van der Waals surface area contributed by atoms with Gasteiger partial charge in [-0.05, 0) is 49.7 Å². The normalized spacial score (nSPS) is 18.4. The summed E-state index contributed by atoms with van der Waals surface area (Å²) in [7, 11) is 0. The summed E-state index contributed by atoms with van der Waals surface area (Å²) >= 11 is 5.51. The zero-order valence-electron chi connectivity index (χ0n) is 14.4. The van der Waals surface area contributed by atoms with Gasteiger partial charge in [0.25, 0.3) is 11.7 Å². The lowest BCUT2D eigenvalue weighted by Gasteiger charge is -2.43. The molecule has 9 heteroatoms. The van der Waals surface area contributed by atoms with E-state index in [0.29, 0.717) is 18.5 Å². The van der Waals surface area contributed by atoms with Crippen molar-refractivity contribution in [1.29, 1.82) is 0 Å². The third-order valence-electron chi connectivity index (χ3n) is 5.13. The van der Waals surface area contributed by atoms with Gasteiger partial charge in [-0.15, -0.1) is 4.98 Å². The van der Waals surface area contributed by atoms with Crippen LogP contribution in [0.15, 0.2) is 42.6 Å². The standard InChI is InChI=1S/C19H13F3N4OS/c1-23-15-14(19(20,21)22)10-13(11-24-15)25-16(27)18(8-5-9-18)26(17(25)28)12-6-3-2-4-7-12/h2-4,6-7,10-11H,5,8-9H2. The molecule has 28 heavy (non-hydrogen) atoms. The van der Waals surface area contributed by atoms with Gasteiger partial charge in [0.15, 0.2) is 5.11 Å². The molecule has 0 bridgehead atoms. The Balaban J connectivity index is 1.83. The van der Waals surface area contributed by atoms with Gasteiger partial charge in [-0.2, -0.15) is 13.2 Å². The summed E-state index contributed by atoms with van der Waals surface area (Å²) in [5.74, 6) is -1.12. The molecule has 4 rings (SSSR count). The number of carbonyl (C=O) groups is 1. The maximum absolute atomic E-state index is 13.3. The first-order valence-corrected chi connectivity index (χ1v) is 8.89. The first-order valence-electron chi connectivity index (χ1n) is 8.48. The van der Waals surface area contributed by atoms with Crippen LogP contribution in [0.25, 0.3) is 4.85 Å². The molecule has 1 aliphatic heterocycles. The summed E-state index contributed by atoms with van der Waals surface area (Å²) in [6.07, 6.45) is -1.71. The van der Waals surface area contributed by atoms with E-state index in [-0.39, 0.29) is 16.7 Å². The Bertz CT molecular complexity index is 1010. The van der Waals surface area contributed by atoms with Crippen molar-refractivity contribution in [3.05, 3.63) is 59.6 Å². The number of amides is 1. The predicted octanol–water partition coefficient (Wildman–Crippen LogP) is 4.71. The average molecular weight is 402 g/mol. The number of hydrogen-bond acceptors (Lipinski definition) is 3. The number of benzene rings is 1. The first kappa shape index (κ1) is 18.4. The zero-order valence-corrected chi connectivity index (χ0v) is 15.2. The number of anilines is 2. The van der Waals surface area contributed by atoms with Gasteiger partial charge < -0.3 is 9.74 Å². The molecule has 2 aromatic rings. The van der Waals surface area contributed by atoms with E-state index in [1.165, 1.54) is 0 Å². The highest BCUT2D eigenvalue weighted by Crippen LogP contribution is 2.48. The molecule has 142 valence electrons. The number of para-hydroxylation sites is 1. The molecule has 1 spiro atoms. The molecule has 1 saturated carbocycles. The molecule has 5 nitrogen and oxygen atoms in total. The van der Waals surface area contributed by atoms with Crippen molar-refractivity contribution in [3.63, 3.8) is 0 Å². The molecular weight excluding hydrogens is 389 g/mol. The average Bonchev–Trinajstić information content (AvgIpc) is 2.88. The molecule has 1 aromatic heterocycles. The summed E-state index contributed by atoms with van der Waals surface area (Å²) in [6, 6.07) is 9.84. The summed E-state index contributed by atoms with van der Waals surface area (Å²) < 4.78 is 40.0. The zero-order chi connectivity index (χ0) is 20.1. The molecule has 0 unspecified atom stereocenters.